The van der Waals surface area contributed by atoms with Crippen molar-refractivity contribution in [2.45, 2.75) is 12.5 Å². The second kappa shape index (κ2) is 6.89. The third-order valence-electron chi connectivity index (χ3n) is 3.23. The van der Waals surface area contributed by atoms with Crippen LogP contribution in [0.5, 0.6) is 5.75 Å². The van der Waals surface area contributed by atoms with Gasteiger partial charge in [0.05, 0.1) is 19.4 Å². The van der Waals surface area contributed by atoms with Crippen LogP contribution in [0.4, 0.5) is 4.39 Å². The lowest BCUT2D eigenvalue weighted by Crippen LogP contribution is -2.28. The van der Waals surface area contributed by atoms with Gasteiger partial charge in [0.1, 0.15) is 11.6 Å². The van der Waals surface area contributed by atoms with Crippen LogP contribution >= 0.6 is 0 Å². The fraction of sp³-hybridized carbons (Fsp3) is 0.250. The van der Waals surface area contributed by atoms with E-state index in [0.29, 0.717) is 12.2 Å². The van der Waals surface area contributed by atoms with Gasteiger partial charge in [-0.1, -0.05) is 24.3 Å². The molecule has 0 fully saturated rings. The van der Waals surface area contributed by atoms with Gasteiger partial charge in [-0.3, -0.25) is 0 Å². The van der Waals surface area contributed by atoms with Crippen molar-refractivity contribution in [2.24, 2.45) is 0 Å². The summed E-state index contributed by atoms with van der Waals surface area (Å²) in [7, 11) is -1.80. The first-order chi connectivity index (χ1) is 10.4. The first-order valence-electron chi connectivity index (χ1n) is 6.73. The Labute approximate surface area is 130 Å². The van der Waals surface area contributed by atoms with Gasteiger partial charge in [-0.05, 0) is 41.8 Å². The maximum Gasteiger partial charge on any atom is 0.209 e. The van der Waals surface area contributed by atoms with Crippen molar-refractivity contribution in [3.05, 3.63) is 65.5 Å². The van der Waals surface area contributed by atoms with E-state index < -0.39 is 16.1 Å². The molecule has 118 valence electrons. The molecule has 1 unspecified atom stereocenters. The molecule has 0 aliphatic carbocycles. The molecule has 0 spiro atoms. The van der Waals surface area contributed by atoms with Gasteiger partial charge in [0.25, 0.3) is 0 Å². The number of halogens is 1. The lowest BCUT2D eigenvalue weighted by molar-refractivity contribution is 0.414. The molecule has 0 amide bonds. The number of sulfonamides is 1. The molecule has 0 bridgehead atoms. The number of methoxy groups -OCH3 is 1. The van der Waals surface area contributed by atoms with Crippen molar-refractivity contribution in [2.75, 3.05) is 13.4 Å². The van der Waals surface area contributed by atoms with Gasteiger partial charge in [-0.15, -0.1) is 0 Å². The van der Waals surface area contributed by atoms with E-state index in [1.165, 1.54) is 12.1 Å². The number of hydrogen-bond donors (Lipinski definition) is 1. The monoisotopic (exact) mass is 323 g/mol. The van der Waals surface area contributed by atoms with E-state index in [4.69, 9.17) is 4.74 Å². The summed E-state index contributed by atoms with van der Waals surface area (Å²) >= 11 is 0. The molecule has 0 saturated carbocycles. The Bertz CT molecular complexity index is 712. The van der Waals surface area contributed by atoms with Crippen LogP contribution in [-0.2, 0) is 16.4 Å². The summed E-state index contributed by atoms with van der Waals surface area (Å²) in [6, 6.07) is 12.8. The lowest BCUT2D eigenvalue weighted by atomic mass is 9.99. The second-order valence-electron chi connectivity index (χ2n) is 5.05. The molecule has 0 aliphatic heterocycles. The molecule has 0 aromatic heterocycles. The van der Waals surface area contributed by atoms with Crippen molar-refractivity contribution < 1.29 is 17.5 Å². The van der Waals surface area contributed by atoms with Crippen LogP contribution in [0.1, 0.15) is 17.2 Å². The Morgan fingerprint density at radius 3 is 2.18 bits per heavy atom. The molecule has 4 nitrogen and oxygen atoms in total. The van der Waals surface area contributed by atoms with E-state index >= 15 is 0 Å². The molecule has 22 heavy (non-hydrogen) atoms. The summed E-state index contributed by atoms with van der Waals surface area (Å²) in [5, 5.41) is 0. The van der Waals surface area contributed by atoms with Gasteiger partial charge in [0.15, 0.2) is 0 Å². The average molecular weight is 323 g/mol. The third-order valence-corrected chi connectivity index (χ3v) is 3.94. The first-order valence-corrected chi connectivity index (χ1v) is 8.62. The van der Waals surface area contributed by atoms with Crippen LogP contribution in [0, 0.1) is 5.82 Å². The normalized spacial score (nSPS) is 12.9. The number of rotatable bonds is 6. The van der Waals surface area contributed by atoms with Crippen LogP contribution in [0.15, 0.2) is 48.5 Å². The molecule has 2 aromatic rings. The van der Waals surface area contributed by atoms with E-state index in [9.17, 15) is 12.8 Å². The Morgan fingerprint density at radius 2 is 1.68 bits per heavy atom. The summed E-state index contributed by atoms with van der Waals surface area (Å²) in [5.74, 6) is 0.379. The van der Waals surface area contributed by atoms with E-state index in [1.54, 1.807) is 31.4 Å². The summed E-state index contributed by atoms with van der Waals surface area (Å²) in [6.07, 6.45) is 1.55. The molecule has 2 rings (SSSR count). The summed E-state index contributed by atoms with van der Waals surface area (Å²) in [6.45, 7) is 0. The molecule has 0 heterocycles. The quantitative estimate of drug-likeness (QED) is 0.889. The van der Waals surface area contributed by atoms with Crippen LogP contribution < -0.4 is 9.46 Å². The zero-order chi connectivity index (χ0) is 16.2. The SMILES string of the molecule is COc1ccc(C(Cc2ccc(F)cc2)NS(C)(=O)=O)cc1. The summed E-state index contributed by atoms with van der Waals surface area (Å²) in [4.78, 5) is 0. The lowest BCUT2D eigenvalue weighted by Gasteiger charge is -2.18. The van der Waals surface area contributed by atoms with Gasteiger partial charge < -0.3 is 4.74 Å². The molecular formula is C16H18FNO3S. The van der Waals surface area contributed by atoms with Crippen molar-refractivity contribution in [3.8, 4) is 5.75 Å². The van der Waals surface area contributed by atoms with E-state index in [2.05, 4.69) is 4.72 Å². The Hall–Kier alpha value is -1.92. The van der Waals surface area contributed by atoms with Gasteiger partial charge in [-0.2, -0.15) is 0 Å². The van der Waals surface area contributed by atoms with Crippen molar-refractivity contribution in [1.82, 2.24) is 4.72 Å². The molecule has 1 atom stereocenters. The topological polar surface area (TPSA) is 55.4 Å². The van der Waals surface area contributed by atoms with Gasteiger partial charge >= 0.3 is 0 Å². The van der Waals surface area contributed by atoms with Gasteiger partial charge in [0.2, 0.25) is 10.0 Å². The predicted octanol–water partition coefficient (Wildman–Crippen LogP) is 2.67. The highest BCUT2D eigenvalue weighted by atomic mass is 32.2. The van der Waals surface area contributed by atoms with Crippen LogP contribution in [-0.4, -0.2) is 21.8 Å². The van der Waals surface area contributed by atoms with Crippen LogP contribution in [0.2, 0.25) is 0 Å². The number of ether oxygens (including phenoxy) is 1. The zero-order valence-electron chi connectivity index (χ0n) is 12.4. The second-order valence-corrected chi connectivity index (χ2v) is 6.83. The third kappa shape index (κ3) is 4.82. The van der Waals surface area contributed by atoms with Gasteiger partial charge in [-0.25, -0.2) is 17.5 Å². The van der Waals surface area contributed by atoms with Gasteiger partial charge in [0, 0.05) is 0 Å². The van der Waals surface area contributed by atoms with Crippen LogP contribution in [0.25, 0.3) is 0 Å². The summed E-state index contributed by atoms with van der Waals surface area (Å²) < 4.78 is 43.9. The molecule has 1 N–H and O–H groups in total. The highest BCUT2D eigenvalue weighted by Gasteiger charge is 2.17. The molecule has 0 aliphatic rings. The predicted molar refractivity (Wildman–Crippen MR) is 83.8 cm³/mol. The minimum atomic E-state index is -3.37. The Balaban J connectivity index is 2.26. The molecule has 0 saturated heterocycles. The first kappa shape index (κ1) is 16.5. The van der Waals surface area contributed by atoms with Crippen molar-refractivity contribution in [3.63, 3.8) is 0 Å². The fourth-order valence-corrected chi connectivity index (χ4v) is 2.91. The maximum absolute atomic E-state index is 13.0. The minimum absolute atomic E-state index is 0.319. The van der Waals surface area contributed by atoms with E-state index in [1.807, 2.05) is 12.1 Å². The average Bonchev–Trinajstić information content (AvgIpc) is 2.48. The standard InChI is InChI=1S/C16H18FNO3S/c1-21-15-9-5-13(6-10-15)16(18-22(2,19)20)11-12-3-7-14(17)8-4-12/h3-10,16,18H,11H2,1-2H3. The summed E-state index contributed by atoms with van der Waals surface area (Å²) in [5.41, 5.74) is 1.66. The number of hydrogen-bond acceptors (Lipinski definition) is 3. The van der Waals surface area contributed by atoms with Crippen molar-refractivity contribution in [1.29, 1.82) is 0 Å². The molecule has 6 heteroatoms. The Kier molecular flexibility index (Phi) is 5.15. The highest BCUT2D eigenvalue weighted by Crippen LogP contribution is 2.22. The molecular weight excluding hydrogens is 305 g/mol. The number of nitrogens with one attached hydrogen (secondary N) is 1. The largest absolute Gasteiger partial charge is 0.497 e. The Morgan fingerprint density at radius 1 is 1.09 bits per heavy atom. The fourth-order valence-electron chi connectivity index (χ4n) is 2.18. The maximum atomic E-state index is 13.0. The van der Waals surface area contributed by atoms with E-state index in [0.717, 1.165) is 17.4 Å². The van der Waals surface area contributed by atoms with Crippen LogP contribution in [0.3, 0.4) is 0 Å². The number of benzene rings is 2. The smallest absolute Gasteiger partial charge is 0.209 e. The molecule has 2 aromatic carbocycles. The molecule has 0 radical (unpaired) electrons. The highest BCUT2D eigenvalue weighted by molar-refractivity contribution is 7.88. The minimum Gasteiger partial charge on any atom is -0.497 e. The zero-order valence-corrected chi connectivity index (χ0v) is 13.2. The van der Waals surface area contributed by atoms with E-state index in [-0.39, 0.29) is 5.82 Å². The van der Waals surface area contributed by atoms with Crippen molar-refractivity contribution >= 4 is 10.0 Å².